The zero-order chi connectivity index (χ0) is 19.8. The van der Waals surface area contributed by atoms with Crippen molar-refractivity contribution in [1.82, 2.24) is 9.47 Å². The molecule has 0 saturated heterocycles. The van der Waals surface area contributed by atoms with Gasteiger partial charge in [-0.3, -0.25) is 0 Å². The zero-order valence-electron chi connectivity index (χ0n) is 16.5. The first-order valence-corrected chi connectivity index (χ1v) is 9.45. The summed E-state index contributed by atoms with van der Waals surface area (Å²) in [6, 6.07) is 22.1. The van der Waals surface area contributed by atoms with Crippen molar-refractivity contribution in [3.63, 3.8) is 0 Å². The lowest BCUT2D eigenvalue weighted by atomic mass is 10.2. The molecule has 2 aromatic carbocycles. The fourth-order valence-electron chi connectivity index (χ4n) is 3.10. The maximum Gasteiger partial charge on any atom is 0.322 e. The highest BCUT2D eigenvalue weighted by atomic mass is 16.5. The molecule has 28 heavy (non-hydrogen) atoms. The molecule has 0 radical (unpaired) electrons. The van der Waals surface area contributed by atoms with E-state index in [1.807, 2.05) is 55.5 Å². The number of aryl methyl sites for hydroxylation is 1. The van der Waals surface area contributed by atoms with E-state index in [4.69, 9.17) is 4.74 Å². The van der Waals surface area contributed by atoms with Crippen LogP contribution in [0.5, 0.6) is 0 Å². The Labute approximate surface area is 166 Å². The topological polar surface area (TPSA) is 46.5 Å². The van der Waals surface area contributed by atoms with Crippen LogP contribution in [0.2, 0.25) is 0 Å². The molecule has 0 fully saturated rings. The molecular weight excluding hydrogens is 350 g/mol. The number of amides is 2. The number of nitrogens with one attached hydrogen (secondary N) is 1. The molecule has 0 saturated carbocycles. The molecule has 0 aliphatic carbocycles. The number of benzene rings is 2. The molecule has 5 heteroatoms. The predicted octanol–water partition coefficient (Wildman–Crippen LogP) is 4.53. The van der Waals surface area contributed by atoms with Crippen LogP contribution in [0.4, 0.5) is 10.5 Å². The van der Waals surface area contributed by atoms with E-state index < -0.39 is 0 Å². The Morgan fingerprint density at radius 2 is 1.89 bits per heavy atom. The Morgan fingerprint density at radius 3 is 2.64 bits per heavy atom. The summed E-state index contributed by atoms with van der Waals surface area (Å²) in [5, 5.41) is 3.00. The molecule has 0 spiro atoms. The number of aromatic nitrogens is 1. The fraction of sp³-hybridized carbons (Fsp3) is 0.261. The molecule has 0 bridgehead atoms. The van der Waals surface area contributed by atoms with Gasteiger partial charge in [0, 0.05) is 37.8 Å². The summed E-state index contributed by atoms with van der Waals surface area (Å²) < 4.78 is 7.38. The molecule has 0 aliphatic rings. The number of rotatable bonds is 8. The second-order valence-corrected chi connectivity index (χ2v) is 6.83. The van der Waals surface area contributed by atoms with Crippen LogP contribution in [-0.4, -0.2) is 35.8 Å². The van der Waals surface area contributed by atoms with E-state index in [-0.39, 0.29) is 6.03 Å². The van der Waals surface area contributed by atoms with Crippen LogP contribution < -0.4 is 5.32 Å². The first-order chi connectivity index (χ1) is 13.7. The Kier molecular flexibility index (Phi) is 6.87. The Morgan fingerprint density at radius 1 is 1.07 bits per heavy atom. The predicted molar refractivity (Wildman–Crippen MR) is 112 cm³/mol. The molecule has 3 aromatic rings. The number of carbonyl (C=O) groups excluding carboxylic acids is 1. The Hall–Kier alpha value is -3.05. The molecular formula is C23H27N3O2. The standard InChI is InChI=1S/C23H27N3O2/c1-19-8-6-11-21(16-19)24-23(27)26(14-15-28-2)18-22-12-7-13-25(22)17-20-9-4-3-5-10-20/h3-13,16H,14-15,17-18H2,1-2H3,(H,24,27). The largest absolute Gasteiger partial charge is 0.383 e. The van der Waals surface area contributed by atoms with Crippen LogP contribution in [0.15, 0.2) is 72.9 Å². The van der Waals surface area contributed by atoms with Gasteiger partial charge in [0.25, 0.3) is 0 Å². The third-order valence-corrected chi connectivity index (χ3v) is 4.59. The normalized spacial score (nSPS) is 10.6. The van der Waals surface area contributed by atoms with E-state index in [0.717, 1.165) is 23.5 Å². The molecule has 1 aromatic heterocycles. The molecule has 1 heterocycles. The first kappa shape index (κ1) is 19.7. The number of anilines is 1. The first-order valence-electron chi connectivity index (χ1n) is 9.45. The van der Waals surface area contributed by atoms with Crippen molar-refractivity contribution in [2.45, 2.75) is 20.0 Å². The monoisotopic (exact) mass is 377 g/mol. The molecule has 0 atom stereocenters. The highest BCUT2D eigenvalue weighted by Gasteiger charge is 2.16. The summed E-state index contributed by atoms with van der Waals surface area (Å²) in [5.41, 5.74) is 4.22. The number of hydrogen-bond acceptors (Lipinski definition) is 2. The van der Waals surface area contributed by atoms with Gasteiger partial charge in [0.05, 0.1) is 13.2 Å². The van der Waals surface area contributed by atoms with Crippen molar-refractivity contribution in [2.75, 3.05) is 25.6 Å². The second-order valence-electron chi connectivity index (χ2n) is 6.83. The SMILES string of the molecule is COCCN(Cc1cccn1Cc1ccccc1)C(=O)Nc1cccc(C)c1. The van der Waals surface area contributed by atoms with Gasteiger partial charge in [-0.05, 0) is 42.3 Å². The van der Waals surface area contributed by atoms with Crippen LogP contribution >= 0.6 is 0 Å². The van der Waals surface area contributed by atoms with Crippen LogP contribution in [0, 0.1) is 6.92 Å². The number of urea groups is 1. The minimum absolute atomic E-state index is 0.130. The van der Waals surface area contributed by atoms with E-state index in [1.165, 1.54) is 5.56 Å². The quantitative estimate of drug-likeness (QED) is 0.627. The van der Waals surface area contributed by atoms with Gasteiger partial charge in [-0.1, -0.05) is 42.5 Å². The molecule has 1 N–H and O–H groups in total. The minimum Gasteiger partial charge on any atom is -0.383 e. The number of carbonyl (C=O) groups is 1. The van der Waals surface area contributed by atoms with Gasteiger partial charge in [-0.2, -0.15) is 0 Å². The summed E-state index contributed by atoms with van der Waals surface area (Å²) >= 11 is 0. The van der Waals surface area contributed by atoms with Crippen LogP contribution in [-0.2, 0) is 17.8 Å². The lowest BCUT2D eigenvalue weighted by Crippen LogP contribution is -2.37. The number of hydrogen-bond donors (Lipinski definition) is 1. The van der Waals surface area contributed by atoms with Crippen molar-refractivity contribution in [3.05, 3.63) is 89.7 Å². The molecule has 0 aliphatic heterocycles. The van der Waals surface area contributed by atoms with Crippen molar-refractivity contribution in [2.24, 2.45) is 0 Å². The van der Waals surface area contributed by atoms with E-state index in [0.29, 0.717) is 19.7 Å². The highest BCUT2D eigenvalue weighted by Crippen LogP contribution is 2.14. The number of nitrogens with zero attached hydrogens (tertiary/aromatic N) is 2. The molecule has 0 unspecified atom stereocenters. The van der Waals surface area contributed by atoms with Gasteiger partial charge in [0.1, 0.15) is 0 Å². The molecule has 5 nitrogen and oxygen atoms in total. The maximum atomic E-state index is 12.9. The molecule has 146 valence electrons. The van der Waals surface area contributed by atoms with Crippen molar-refractivity contribution >= 4 is 11.7 Å². The Balaban J connectivity index is 1.72. The van der Waals surface area contributed by atoms with Crippen LogP contribution in [0.1, 0.15) is 16.8 Å². The van der Waals surface area contributed by atoms with Crippen LogP contribution in [0.25, 0.3) is 0 Å². The van der Waals surface area contributed by atoms with Gasteiger partial charge in [-0.25, -0.2) is 4.79 Å². The average molecular weight is 377 g/mol. The van der Waals surface area contributed by atoms with Gasteiger partial charge in [0.15, 0.2) is 0 Å². The third kappa shape index (κ3) is 5.47. The third-order valence-electron chi connectivity index (χ3n) is 4.59. The summed E-state index contributed by atoms with van der Waals surface area (Å²) in [5.74, 6) is 0. The van der Waals surface area contributed by atoms with E-state index >= 15 is 0 Å². The smallest absolute Gasteiger partial charge is 0.322 e. The zero-order valence-corrected chi connectivity index (χ0v) is 16.5. The minimum atomic E-state index is -0.130. The van der Waals surface area contributed by atoms with Gasteiger partial charge in [0.2, 0.25) is 0 Å². The summed E-state index contributed by atoms with van der Waals surface area (Å²) in [6.45, 7) is 4.31. The van der Waals surface area contributed by atoms with E-state index in [1.54, 1.807) is 12.0 Å². The van der Waals surface area contributed by atoms with Crippen LogP contribution in [0.3, 0.4) is 0 Å². The fourth-order valence-corrected chi connectivity index (χ4v) is 3.10. The summed E-state index contributed by atoms with van der Waals surface area (Å²) in [4.78, 5) is 14.7. The number of ether oxygens (including phenoxy) is 1. The summed E-state index contributed by atoms with van der Waals surface area (Å²) in [6.07, 6.45) is 2.05. The van der Waals surface area contributed by atoms with Crippen molar-refractivity contribution in [3.8, 4) is 0 Å². The Bertz CT molecular complexity index is 890. The average Bonchev–Trinajstić information content (AvgIpc) is 3.12. The highest BCUT2D eigenvalue weighted by molar-refractivity contribution is 5.89. The van der Waals surface area contributed by atoms with Gasteiger partial charge < -0.3 is 19.5 Å². The summed E-state index contributed by atoms with van der Waals surface area (Å²) in [7, 11) is 1.65. The molecule has 3 rings (SSSR count). The number of methoxy groups -OCH3 is 1. The van der Waals surface area contributed by atoms with Crippen molar-refractivity contribution < 1.29 is 9.53 Å². The lowest BCUT2D eigenvalue weighted by molar-refractivity contribution is 0.152. The maximum absolute atomic E-state index is 12.9. The van der Waals surface area contributed by atoms with Gasteiger partial charge >= 0.3 is 6.03 Å². The van der Waals surface area contributed by atoms with Gasteiger partial charge in [-0.15, -0.1) is 0 Å². The second kappa shape index (κ2) is 9.76. The van der Waals surface area contributed by atoms with E-state index in [2.05, 4.69) is 34.3 Å². The van der Waals surface area contributed by atoms with Crippen molar-refractivity contribution in [1.29, 1.82) is 0 Å². The lowest BCUT2D eigenvalue weighted by Gasteiger charge is -2.24. The molecule has 2 amide bonds. The van der Waals surface area contributed by atoms with E-state index in [9.17, 15) is 4.79 Å².